The van der Waals surface area contributed by atoms with Crippen LogP contribution in [0.3, 0.4) is 0 Å². The molecule has 0 bridgehead atoms. The van der Waals surface area contributed by atoms with Crippen LogP contribution in [0.25, 0.3) is 6.08 Å². The van der Waals surface area contributed by atoms with Crippen molar-refractivity contribution in [3.8, 4) is 0 Å². The summed E-state index contributed by atoms with van der Waals surface area (Å²) in [7, 11) is 0. The van der Waals surface area contributed by atoms with Crippen molar-refractivity contribution in [2.45, 2.75) is 18.9 Å². The standard InChI is InChI=1S/C14H13FN2O4/c15-10-7-9(3-1-8(10)2-6-13(19)20)16-14(21)11-4-5-12(18)17-11/h1-3,6-7,11H,4-5H2,(H,16,21)(H,17,18)(H,19,20). The minimum Gasteiger partial charge on any atom is -0.478 e. The van der Waals surface area contributed by atoms with Gasteiger partial charge in [-0.3, -0.25) is 9.59 Å². The molecule has 2 amide bonds. The van der Waals surface area contributed by atoms with Gasteiger partial charge in [0.25, 0.3) is 0 Å². The Morgan fingerprint density at radius 2 is 2.19 bits per heavy atom. The molecule has 1 aromatic carbocycles. The number of carbonyl (C=O) groups excluding carboxylic acids is 2. The summed E-state index contributed by atoms with van der Waals surface area (Å²) in [6.07, 6.45) is 2.66. The van der Waals surface area contributed by atoms with Crippen molar-refractivity contribution in [1.82, 2.24) is 5.32 Å². The molecule has 110 valence electrons. The molecule has 0 aliphatic carbocycles. The van der Waals surface area contributed by atoms with Crippen molar-refractivity contribution in [2.24, 2.45) is 0 Å². The first-order valence-electron chi connectivity index (χ1n) is 6.26. The lowest BCUT2D eigenvalue weighted by molar-refractivity contribution is -0.131. The van der Waals surface area contributed by atoms with E-state index in [0.717, 1.165) is 18.2 Å². The van der Waals surface area contributed by atoms with Crippen molar-refractivity contribution in [2.75, 3.05) is 5.32 Å². The van der Waals surface area contributed by atoms with E-state index in [-0.39, 0.29) is 17.2 Å². The number of nitrogens with one attached hydrogen (secondary N) is 2. The number of rotatable bonds is 4. The molecule has 1 unspecified atom stereocenters. The third-order valence-corrected chi connectivity index (χ3v) is 2.99. The Bertz CT molecular complexity index is 627. The number of halogens is 1. The first-order chi connectivity index (χ1) is 9.95. The Hall–Kier alpha value is -2.70. The molecule has 7 heteroatoms. The number of carbonyl (C=O) groups is 3. The van der Waals surface area contributed by atoms with Crippen LogP contribution in [-0.4, -0.2) is 28.9 Å². The van der Waals surface area contributed by atoms with Crippen LogP contribution in [0.4, 0.5) is 10.1 Å². The molecule has 0 aromatic heterocycles. The normalized spacial score (nSPS) is 17.8. The fourth-order valence-electron chi connectivity index (χ4n) is 1.94. The molecule has 1 heterocycles. The quantitative estimate of drug-likeness (QED) is 0.725. The van der Waals surface area contributed by atoms with Crippen LogP contribution in [0.2, 0.25) is 0 Å². The Labute approximate surface area is 119 Å². The Morgan fingerprint density at radius 1 is 1.43 bits per heavy atom. The van der Waals surface area contributed by atoms with Gasteiger partial charge in [-0.2, -0.15) is 0 Å². The number of anilines is 1. The van der Waals surface area contributed by atoms with E-state index in [1.165, 1.54) is 12.1 Å². The summed E-state index contributed by atoms with van der Waals surface area (Å²) in [6.45, 7) is 0. The van der Waals surface area contributed by atoms with Crippen molar-refractivity contribution in [1.29, 1.82) is 0 Å². The Balaban J connectivity index is 2.04. The van der Waals surface area contributed by atoms with Gasteiger partial charge in [-0.1, -0.05) is 0 Å². The summed E-state index contributed by atoms with van der Waals surface area (Å²) in [5, 5.41) is 13.5. The van der Waals surface area contributed by atoms with E-state index >= 15 is 0 Å². The molecule has 2 rings (SSSR count). The second-order valence-electron chi connectivity index (χ2n) is 4.56. The highest BCUT2D eigenvalue weighted by molar-refractivity contribution is 5.99. The van der Waals surface area contributed by atoms with Gasteiger partial charge in [0.05, 0.1) is 0 Å². The highest BCUT2D eigenvalue weighted by Crippen LogP contribution is 2.17. The van der Waals surface area contributed by atoms with Crippen molar-refractivity contribution in [3.63, 3.8) is 0 Å². The zero-order chi connectivity index (χ0) is 15.4. The highest BCUT2D eigenvalue weighted by Gasteiger charge is 2.27. The summed E-state index contributed by atoms with van der Waals surface area (Å²) in [4.78, 5) is 33.2. The average Bonchev–Trinajstić information content (AvgIpc) is 2.84. The van der Waals surface area contributed by atoms with Gasteiger partial charge in [0, 0.05) is 23.7 Å². The number of amides is 2. The summed E-state index contributed by atoms with van der Waals surface area (Å²) in [5.41, 5.74) is 0.343. The Morgan fingerprint density at radius 3 is 2.76 bits per heavy atom. The third kappa shape index (κ3) is 3.88. The first kappa shape index (κ1) is 14.7. The smallest absolute Gasteiger partial charge is 0.328 e. The van der Waals surface area contributed by atoms with Gasteiger partial charge >= 0.3 is 5.97 Å². The molecule has 6 nitrogen and oxygen atoms in total. The molecule has 0 saturated carbocycles. The molecule has 1 fully saturated rings. The predicted molar refractivity (Wildman–Crippen MR) is 72.9 cm³/mol. The molecule has 1 atom stereocenters. The van der Waals surface area contributed by atoms with E-state index in [4.69, 9.17) is 5.11 Å². The second-order valence-corrected chi connectivity index (χ2v) is 4.56. The van der Waals surface area contributed by atoms with Crippen molar-refractivity contribution < 1.29 is 23.9 Å². The SMILES string of the molecule is O=C(O)C=Cc1ccc(NC(=O)C2CCC(=O)N2)cc1F. The summed E-state index contributed by atoms with van der Waals surface area (Å²) >= 11 is 0. The van der Waals surface area contributed by atoms with Gasteiger partial charge < -0.3 is 15.7 Å². The minimum atomic E-state index is -1.18. The second kappa shape index (κ2) is 6.17. The third-order valence-electron chi connectivity index (χ3n) is 2.99. The Kier molecular flexibility index (Phi) is 4.32. The van der Waals surface area contributed by atoms with Crippen LogP contribution in [-0.2, 0) is 14.4 Å². The number of carboxylic acids is 1. The zero-order valence-electron chi connectivity index (χ0n) is 10.9. The summed E-state index contributed by atoms with van der Waals surface area (Å²) in [6, 6.07) is 3.31. The summed E-state index contributed by atoms with van der Waals surface area (Å²) in [5.74, 6) is -2.42. The van der Waals surface area contributed by atoms with Crippen LogP contribution in [0, 0.1) is 5.82 Å². The predicted octanol–water partition coefficient (Wildman–Crippen LogP) is 1.14. The molecular formula is C14H13FN2O4. The maximum atomic E-state index is 13.7. The molecule has 3 N–H and O–H groups in total. The van der Waals surface area contributed by atoms with Gasteiger partial charge in [-0.15, -0.1) is 0 Å². The van der Waals surface area contributed by atoms with Crippen molar-refractivity contribution in [3.05, 3.63) is 35.7 Å². The monoisotopic (exact) mass is 292 g/mol. The van der Waals surface area contributed by atoms with Gasteiger partial charge in [0.15, 0.2) is 0 Å². The van der Waals surface area contributed by atoms with E-state index in [1.54, 1.807) is 0 Å². The number of carboxylic acid groups (broad SMARTS) is 1. The van der Waals surface area contributed by atoms with Gasteiger partial charge in [0.1, 0.15) is 11.9 Å². The molecule has 1 aliphatic rings. The lowest BCUT2D eigenvalue weighted by atomic mass is 10.1. The molecule has 1 aliphatic heterocycles. The molecule has 21 heavy (non-hydrogen) atoms. The number of hydrogen-bond acceptors (Lipinski definition) is 3. The number of benzene rings is 1. The fourth-order valence-corrected chi connectivity index (χ4v) is 1.94. The molecule has 0 spiro atoms. The maximum absolute atomic E-state index is 13.7. The van der Waals surface area contributed by atoms with Crippen LogP contribution >= 0.6 is 0 Å². The van der Waals surface area contributed by atoms with E-state index in [9.17, 15) is 18.8 Å². The van der Waals surface area contributed by atoms with Crippen molar-refractivity contribution >= 4 is 29.5 Å². The van der Waals surface area contributed by atoms with Crippen LogP contribution in [0.1, 0.15) is 18.4 Å². The maximum Gasteiger partial charge on any atom is 0.328 e. The van der Waals surface area contributed by atoms with Crippen LogP contribution < -0.4 is 10.6 Å². The first-order valence-corrected chi connectivity index (χ1v) is 6.26. The zero-order valence-corrected chi connectivity index (χ0v) is 10.9. The van der Waals surface area contributed by atoms with Gasteiger partial charge in [-0.25, -0.2) is 9.18 Å². The topological polar surface area (TPSA) is 95.5 Å². The van der Waals surface area contributed by atoms with Crippen LogP contribution in [0.5, 0.6) is 0 Å². The molecule has 0 radical (unpaired) electrons. The number of hydrogen-bond donors (Lipinski definition) is 3. The van der Waals surface area contributed by atoms with Gasteiger partial charge in [-0.05, 0) is 30.7 Å². The average molecular weight is 292 g/mol. The largest absolute Gasteiger partial charge is 0.478 e. The van der Waals surface area contributed by atoms with E-state index in [0.29, 0.717) is 12.8 Å². The minimum absolute atomic E-state index is 0.101. The van der Waals surface area contributed by atoms with E-state index < -0.39 is 23.7 Å². The molecular weight excluding hydrogens is 279 g/mol. The lowest BCUT2D eigenvalue weighted by Crippen LogP contribution is -2.37. The highest BCUT2D eigenvalue weighted by atomic mass is 19.1. The van der Waals surface area contributed by atoms with E-state index in [2.05, 4.69) is 10.6 Å². The van der Waals surface area contributed by atoms with Gasteiger partial charge in [0.2, 0.25) is 11.8 Å². The lowest BCUT2D eigenvalue weighted by Gasteiger charge is -2.11. The summed E-state index contributed by atoms with van der Waals surface area (Å²) < 4.78 is 13.7. The van der Waals surface area contributed by atoms with E-state index in [1.807, 2.05) is 0 Å². The molecule has 1 aromatic rings. The molecule has 1 saturated heterocycles. The fraction of sp³-hybridized carbons (Fsp3) is 0.214. The number of aliphatic carboxylic acids is 1. The van der Waals surface area contributed by atoms with Crippen LogP contribution in [0.15, 0.2) is 24.3 Å².